The van der Waals surface area contributed by atoms with Gasteiger partial charge in [0.1, 0.15) is 5.82 Å². The third-order valence-electron chi connectivity index (χ3n) is 4.70. The monoisotopic (exact) mass is 350 g/mol. The highest BCUT2D eigenvalue weighted by Gasteiger charge is 2.25. The second kappa shape index (κ2) is 6.34. The molecule has 0 unspecified atom stereocenters. The largest absolute Gasteiger partial charge is 0.396 e. The molecule has 1 aliphatic rings. The first-order valence-electron chi connectivity index (χ1n) is 7.98. The molecular formula is C16H23BrN4. The second-order valence-electron chi connectivity index (χ2n) is 6.23. The Bertz CT molecular complexity index is 614. The van der Waals surface area contributed by atoms with Crippen LogP contribution in [0.15, 0.2) is 16.7 Å². The van der Waals surface area contributed by atoms with E-state index in [1.165, 1.54) is 44.9 Å². The molecule has 0 spiro atoms. The van der Waals surface area contributed by atoms with E-state index in [0.29, 0.717) is 11.6 Å². The first kappa shape index (κ1) is 14.8. The van der Waals surface area contributed by atoms with Crippen molar-refractivity contribution in [1.82, 2.24) is 14.6 Å². The maximum atomic E-state index is 6.02. The van der Waals surface area contributed by atoms with Crippen molar-refractivity contribution in [1.29, 1.82) is 0 Å². The summed E-state index contributed by atoms with van der Waals surface area (Å²) < 4.78 is 3.04. The summed E-state index contributed by atoms with van der Waals surface area (Å²) in [6.07, 6.45) is 11.2. The van der Waals surface area contributed by atoms with Crippen LogP contribution in [-0.4, -0.2) is 14.6 Å². The summed E-state index contributed by atoms with van der Waals surface area (Å²) >= 11 is 3.51. The molecule has 2 aromatic rings. The highest BCUT2D eigenvalue weighted by atomic mass is 79.9. The molecule has 0 amide bonds. The van der Waals surface area contributed by atoms with Crippen molar-refractivity contribution in [2.45, 2.75) is 57.8 Å². The number of hydrogen-bond acceptors (Lipinski definition) is 3. The molecule has 2 heterocycles. The van der Waals surface area contributed by atoms with Crippen LogP contribution >= 0.6 is 15.9 Å². The summed E-state index contributed by atoms with van der Waals surface area (Å²) in [5, 5.41) is 8.69. The lowest BCUT2D eigenvalue weighted by atomic mass is 9.79. The molecule has 2 aromatic heterocycles. The van der Waals surface area contributed by atoms with Gasteiger partial charge in [-0.3, -0.25) is 4.40 Å². The topological polar surface area (TPSA) is 56.2 Å². The van der Waals surface area contributed by atoms with E-state index in [-0.39, 0.29) is 0 Å². The van der Waals surface area contributed by atoms with E-state index in [9.17, 15) is 0 Å². The fraction of sp³-hybridized carbons (Fsp3) is 0.625. The zero-order valence-corrected chi connectivity index (χ0v) is 14.1. The number of anilines is 1. The maximum absolute atomic E-state index is 6.02. The fourth-order valence-electron chi connectivity index (χ4n) is 3.48. The fourth-order valence-corrected chi connectivity index (χ4v) is 3.93. The van der Waals surface area contributed by atoms with E-state index in [1.54, 1.807) is 0 Å². The van der Waals surface area contributed by atoms with Crippen molar-refractivity contribution in [3.05, 3.63) is 22.6 Å². The predicted octanol–water partition coefficient (Wildman–Crippen LogP) is 4.54. The third kappa shape index (κ3) is 3.07. The zero-order valence-electron chi connectivity index (χ0n) is 12.6. The number of nitrogen functional groups attached to an aromatic ring is 1. The van der Waals surface area contributed by atoms with Crippen molar-refractivity contribution in [3.8, 4) is 0 Å². The van der Waals surface area contributed by atoms with Crippen LogP contribution in [-0.2, 0) is 0 Å². The number of pyridine rings is 1. The van der Waals surface area contributed by atoms with Gasteiger partial charge >= 0.3 is 0 Å². The predicted molar refractivity (Wildman–Crippen MR) is 89.3 cm³/mol. The smallest absolute Gasteiger partial charge is 0.184 e. The Labute approximate surface area is 134 Å². The number of hydrogen-bond donors (Lipinski definition) is 1. The molecule has 0 aliphatic heterocycles. The van der Waals surface area contributed by atoms with Gasteiger partial charge in [-0.25, -0.2) is 0 Å². The van der Waals surface area contributed by atoms with Gasteiger partial charge in [-0.2, -0.15) is 0 Å². The molecule has 0 bridgehead atoms. The molecule has 4 nitrogen and oxygen atoms in total. The van der Waals surface area contributed by atoms with Crippen LogP contribution in [0.1, 0.15) is 63.6 Å². The van der Waals surface area contributed by atoms with Gasteiger partial charge in [0.05, 0.1) is 5.69 Å². The number of nitrogens with zero attached hydrogens (tertiary/aromatic N) is 3. The maximum Gasteiger partial charge on any atom is 0.184 e. The lowest BCUT2D eigenvalue weighted by Crippen LogP contribution is -2.15. The summed E-state index contributed by atoms with van der Waals surface area (Å²) in [7, 11) is 0. The van der Waals surface area contributed by atoms with E-state index >= 15 is 0 Å². The zero-order chi connectivity index (χ0) is 14.8. The third-order valence-corrected chi connectivity index (χ3v) is 5.14. The molecular weight excluding hydrogens is 328 g/mol. The molecule has 2 N–H and O–H groups in total. The lowest BCUT2D eigenvalue weighted by Gasteiger charge is -2.27. The molecule has 0 aromatic carbocycles. The Balaban J connectivity index is 1.77. The summed E-state index contributed by atoms with van der Waals surface area (Å²) in [4.78, 5) is 0. The summed E-state index contributed by atoms with van der Waals surface area (Å²) in [5.41, 5.74) is 7.48. The minimum atomic E-state index is 0.520. The molecule has 21 heavy (non-hydrogen) atoms. The van der Waals surface area contributed by atoms with E-state index in [1.807, 2.05) is 12.3 Å². The number of fused-ring (bicyclic) bond motifs is 1. The molecule has 1 saturated carbocycles. The van der Waals surface area contributed by atoms with Gasteiger partial charge in [0.25, 0.3) is 0 Å². The molecule has 5 heteroatoms. The number of unbranched alkanes of at least 4 members (excludes halogenated alkanes) is 1. The van der Waals surface area contributed by atoms with E-state index in [0.717, 1.165) is 21.9 Å². The van der Waals surface area contributed by atoms with Crippen molar-refractivity contribution in [2.24, 2.45) is 5.92 Å². The molecule has 3 rings (SSSR count). The van der Waals surface area contributed by atoms with Crippen molar-refractivity contribution in [2.75, 3.05) is 5.73 Å². The summed E-state index contributed by atoms with van der Waals surface area (Å²) in [6.45, 7) is 2.27. The van der Waals surface area contributed by atoms with E-state index < -0.39 is 0 Å². The standard InChI is InChI=1S/C16H23BrN4/c1-2-3-4-11-5-7-12(8-6-11)15-19-20-16-14(18)9-13(17)10-21(15)16/h9-12H,2-8,18H2,1H3. The normalized spacial score (nSPS) is 22.8. The Morgan fingerprint density at radius 1 is 1.29 bits per heavy atom. The van der Waals surface area contributed by atoms with Gasteiger partial charge < -0.3 is 5.73 Å². The Morgan fingerprint density at radius 2 is 2.05 bits per heavy atom. The van der Waals surface area contributed by atoms with Crippen LogP contribution in [0.3, 0.4) is 0 Å². The molecule has 114 valence electrons. The Hall–Kier alpha value is -1.10. The minimum absolute atomic E-state index is 0.520. The van der Waals surface area contributed by atoms with Crippen LogP contribution in [0.5, 0.6) is 0 Å². The van der Waals surface area contributed by atoms with Gasteiger partial charge in [-0.1, -0.05) is 26.2 Å². The van der Waals surface area contributed by atoms with Crippen LogP contribution in [0.25, 0.3) is 5.65 Å². The van der Waals surface area contributed by atoms with Crippen LogP contribution < -0.4 is 5.73 Å². The summed E-state index contributed by atoms with van der Waals surface area (Å²) in [6, 6.07) is 1.88. The molecule has 0 radical (unpaired) electrons. The number of halogens is 1. The van der Waals surface area contributed by atoms with Gasteiger partial charge in [0.15, 0.2) is 5.65 Å². The molecule has 0 saturated heterocycles. The van der Waals surface area contributed by atoms with Crippen molar-refractivity contribution >= 4 is 27.3 Å². The quantitative estimate of drug-likeness (QED) is 0.880. The van der Waals surface area contributed by atoms with E-state index in [4.69, 9.17) is 5.73 Å². The first-order chi connectivity index (χ1) is 10.2. The molecule has 0 atom stereocenters. The number of rotatable bonds is 4. The Kier molecular flexibility index (Phi) is 4.48. The first-order valence-corrected chi connectivity index (χ1v) is 8.78. The average molecular weight is 351 g/mol. The highest BCUT2D eigenvalue weighted by molar-refractivity contribution is 9.10. The SMILES string of the molecule is CCCCC1CCC(c2nnc3c(N)cc(Br)cn23)CC1. The van der Waals surface area contributed by atoms with Gasteiger partial charge in [0, 0.05) is 16.6 Å². The molecule has 1 aliphatic carbocycles. The Morgan fingerprint density at radius 3 is 2.76 bits per heavy atom. The lowest BCUT2D eigenvalue weighted by molar-refractivity contribution is 0.298. The van der Waals surface area contributed by atoms with Crippen molar-refractivity contribution in [3.63, 3.8) is 0 Å². The van der Waals surface area contributed by atoms with Gasteiger partial charge in [0.2, 0.25) is 0 Å². The minimum Gasteiger partial charge on any atom is -0.396 e. The van der Waals surface area contributed by atoms with Gasteiger partial charge in [-0.05, 0) is 53.6 Å². The number of aromatic nitrogens is 3. The average Bonchev–Trinajstić information content (AvgIpc) is 2.89. The van der Waals surface area contributed by atoms with Crippen LogP contribution in [0.4, 0.5) is 5.69 Å². The van der Waals surface area contributed by atoms with Gasteiger partial charge in [-0.15, -0.1) is 10.2 Å². The summed E-state index contributed by atoms with van der Waals surface area (Å²) in [5.74, 6) is 2.51. The van der Waals surface area contributed by atoms with E-state index in [2.05, 4.69) is 37.5 Å². The number of nitrogens with two attached hydrogens (primary N) is 1. The van der Waals surface area contributed by atoms with Crippen molar-refractivity contribution < 1.29 is 0 Å². The molecule has 1 fully saturated rings. The highest BCUT2D eigenvalue weighted by Crippen LogP contribution is 2.37. The van der Waals surface area contributed by atoms with Crippen LogP contribution in [0, 0.1) is 5.92 Å². The van der Waals surface area contributed by atoms with Crippen LogP contribution in [0.2, 0.25) is 0 Å². The second-order valence-corrected chi connectivity index (χ2v) is 7.14.